The van der Waals surface area contributed by atoms with Gasteiger partial charge in [0.25, 0.3) is 0 Å². The van der Waals surface area contributed by atoms with Crippen molar-refractivity contribution < 1.29 is 13.2 Å². The second-order valence-electron chi connectivity index (χ2n) is 4.24. The number of alkyl halides is 3. The number of nitrogens with zero attached hydrogens (tertiary/aromatic N) is 3. The van der Waals surface area contributed by atoms with E-state index in [-0.39, 0.29) is 0 Å². The van der Waals surface area contributed by atoms with Crippen molar-refractivity contribution in [2.24, 2.45) is 0 Å². The second kappa shape index (κ2) is 4.22. The van der Waals surface area contributed by atoms with E-state index >= 15 is 0 Å². The summed E-state index contributed by atoms with van der Waals surface area (Å²) < 4.78 is 38.9. The zero-order valence-corrected chi connectivity index (χ0v) is 10.1. The molecule has 0 fully saturated rings. The Morgan fingerprint density at radius 2 is 1.75 bits per heavy atom. The van der Waals surface area contributed by atoms with Crippen LogP contribution in [0.15, 0.2) is 42.6 Å². The fraction of sp³-hybridized carbons (Fsp3) is 0.0769. The molecule has 102 valence electrons. The lowest BCUT2D eigenvalue weighted by atomic mass is 10.1. The Kier molecular flexibility index (Phi) is 2.63. The standard InChI is InChI=1S/C13H9F3N4/c14-13(15,16)9-3-1-8(2-4-9)10-7-12-18-6-5-11(17)20(12)19-10/h1-7H,17H2. The van der Waals surface area contributed by atoms with Crippen LogP contribution in [0.25, 0.3) is 16.9 Å². The molecule has 7 heteroatoms. The highest BCUT2D eigenvalue weighted by molar-refractivity contribution is 5.65. The Hall–Kier alpha value is -2.57. The Balaban J connectivity index is 2.05. The van der Waals surface area contributed by atoms with Crippen LogP contribution >= 0.6 is 0 Å². The Morgan fingerprint density at radius 1 is 1.05 bits per heavy atom. The predicted molar refractivity (Wildman–Crippen MR) is 67.8 cm³/mol. The van der Waals surface area contributed by atoms with E-state index in [9.17, 15) is 13.2 Å². The van der Waals surface area contributed by atoms with Crippen molar-refractivity contribution in [2.75, 3.05) is 5.73 Å². The van der Waals surface area contributed by atoms with Crippen LogP contribution < -0.4 is 5.73 Å². The van der Waals surface area contributed by atoms with Gasteiger partial charge in [-0.25, -0.2) is 4.98 Å². The molecule has 4 nitrogen and oxygen atoms in total. The minimum absolute atomic E-state index is 0.410. The average Bonchev–Trinajstić information content (AvgIpc) is 2.83. The van der Waals surface area contributed by atoms with E-state index in [1.807, 2.05) is 0 Å². The maximum absolute atomic E-state index is 12.5. The van der Waals surface area contributed by atoms with Crippen LogP contribution in [0, 0.1) is 0 Å². The van der Waals surface area contributed by atoms with Gasteiger partial charge in [0.1, 0.15) is 5.82 Å². The first-order valence-electron chi connectivity index (χ1n) is 5.73. The molecule has 3 aromatic rings. The molecule has 3 rings (SSSR count). The van der Waals surface area contributed by atoms with Crippen LogP contribution in [-0.2, 0) is 6.18 Å². The van der Waals surface area contributed by atoms with Crippen LogP contribution in [0.2, 0.25) is 0 Å². The fourth-order valence-corrected chi connectivity index (χ4v) is 1.88. The number of nitrogens with two attached hydrogens (primary N) is 1. The summed E-state index contributed by atoms with van der Waals surface area (Å²) in [5.74, 6) is 0.410. The molecule has 0 amide bonds. The number of rotatable bonds is 1. The van der Waals surface area contributed by atoms with E-state index in [4.69, 9.17) is 5.73 Å². The summed E-state index contributed by atoms with van der Waals surface area (Å²) in [5.41, 5.74) is 6.68. The summed E-state index contributed by atoms with van der Waals surface area (Å²) in [7, 11) is 0. The quantitative estimate of drug-likeness (QED) is 0.744. The van der Waals surface area contributed by atoms with Gasteiger partial charge in [-0.1, -0.05) is 12.1 Å². The zero-order valence-electron chi connectivity index (χ0n) is 10.1. The topological polar surface area (TPSA) is 56.2 Å². The SMILES string of the molecule is Nc1ccnc2cc(-c3ccc(C(F)(F)F)cc3)nn12. The summed E-state index contributed by atoms with van der Waals surface area (Å²) >= 11 is 0. The molecule has 0 aliphatic carbocycles. The van der Waals surface area contributed by atoms with E-state index in [1.54, 1.807) is 18.3 Å². The molecule has 0 spiro atoms. The third kappa shape index (κ3) is 2.07. The number of fused-ring (bicyclic) bond motifs is 1. The number of hydrogen-bond donors (Lipinski definition) is 1. The predicted octanol–water partition coefficient (Wildman–Crippen LogP) is 3.00. The maximum atomic E-state index is 12.5. The van der Waals surface area contributed by atoms with Gasteiger partial charge in [-0.3, -0.25) is 0 Å². The molecule has 0 atom stereocenters. The summed E-state index contributed by atoms with van der Waals surface area (Å²) in [4.78, 5) is 4.09. The molecule has 2 aromatic heterocycles. The normalized spacial score (nSPS) is 11.9. The highest BCUT2D eigenvalue weighted by Crippen LogP contribution is 2.30. The lowest BCUT2D eigenvalue weighted by Crippen LogP contribution is -2.04. The van der Waals surface area contributed by atoms with Crippen LogP contribution in [0.5, 0.6) is 0 Å². The van der Waals surface area contributed by atoms with Crippen LogP contribution in [0.3, 0.4) is 0 Å². The van der Waals surface area contributed by atoms with Crippen LogP contribution in [-0.4, -0.2) is 14.6 Å². The maximum Gasteiger partial charge on any atom is 0.416 e. The highest BCUT2D eigenvalue weighted by atomic mass is 19.4. The van der Waals surface area contributed by atoms with Gasteiger partial charge < -0.3 is 5.73 Å². The molecule has 0 unspecified atom stereocenters. The summed E-state index contributed by atoms with van der Waals surface area (Å²) in [6.07, 6.45) is -2.80. The van der Waals surface area contributed by atoms with Gasteiger partial charge in [-0.05, 0) is 18.2 Å². The highest BCUT2D eigenvalue weighted by Gasteiger charge is 2.30. The monoisotopic (exact) mass is 278 g/mol. The summed E-state index contributed by atoms with van der Waals surface area (Å²) in [6.45, 7) is 0. The van der Waals surface area contributed by atoms with Crippen molar-refractivity contribution in [3.05, 3.63) is 48.2 Å². The molecule has 0 radical (unpaired) electrons. The smallest absolute Gasteiger partial charge is 0.384 e. The number of hydrogen-bond acceptors (Lipinski definition) is 3. The third-order valence-electron chi connectivity index (χ3n) is 2.90. The fourth-order valence-electron chi connectivity index (χ4n) is 1.88. The molecular formula is C13H9F3N4. The molecule has 0 saturated carbocycles. The van der Waals surface area contributed by atoms with E-state index < -0.39 is 11.7 Å². The second-order valence-corrected chi connectivity index (χ2v) is 4.24. The van der Waals surface area contributed by atoms with Gasteiger partial charge in [0.15, 0.2) is 5.65 Å². The average molecular weight is 278 g/mol. The summed E-state index contributed by atoms with van der Waals surface area (Å²) in [6, 6.07) is 8.06. The number of nitrogen functional groups attached to an aromatic ring is 1. The largest absolute Gasteiger partial charge is 0.416 e. The van der Waals surface area contributed by atoms with Gasteiger partial charge in [0.05, 0.1) is 11.3 Å². The van der Waals surface area contributed by atoms with Gasteiger partial charge in [0.2, 0.25) is 0 Å². The molecule has 0 aliphatic rings. The molecule has 2 N–H and O–H groups in total. The van der Waals surface area contributed by atoms with Gasteiger partial charge in [-0.15, -0.1) is 0 Å². The van der Waals surface area contributed by atoms with Crippen molar-refractivity contribution in [2.45, 2.75) is 6.18 Å². The first-order chi connectivity index (χ1) is 9.45. The van der Waals surface area contributed by atoms with Crippen molar-refractivity contribution in [1.29, 1.82) is 0 Å². The lowest BCUT2D eigenvalue weighted by molar-refractivity contribution is -0.137. The van der Waals surface area contributed by atoms with Gasteiger partial charge in [-0.2, -0.15) is 22.8 Å². The molecule has 0 bridgehead atoms. The third-order valence-corrected chi connectivity index (χ3v) is 2.90. The molecule has 0 saturated heterocycles. The minimum atomic E-state index is -4.34. The first-order valence-corrected chi connectivity index (χ1v) is 5.73. The Bertz CT molecular complexity index is 759. The van der Waals surface area contributed by atoms with Crippen LogP contribution in [0.1, 0.15) is 5.56 Å². The van der Waals surface area contributed by atoms with E-state index in [2.05, 4.69) is 10.1 Å². The van der Waals surface area contributed by atoms with Gasteiger partial charge >= 0.3 is 6.18 Å². The van der Waals surface area contributed by atoms with Crippen molar-refractivity contribution in [3.8, 4) is 11.3 Å². The van der Waals surface area contributed by atoms with Crippen molar-refractivity contribution in [1.82, 2.24) is 14.6 Å². The van der Waals surface area contributed by atoms with E-state index in [1.165, 1.54) is 16.6 Å². The number of benzene rings is 1. The number of halogens is 3. The lowest BCUT2D eigenvalue weighted by Gasteiger charge is -2.06. The van der Waals surface area contributed by atoms with Gasteiger partial charge in [0, 0.05) is 17.8 Å². The summed E-state index contributed by atoms with van der Waals surface area (Å²) in [5, 5.41) is 4.22. The minimum Gasteiger partial charge on any atom is -0.384 e. The Morgan fingerprint density at radius 3 is 2.35 bits per heavy atom. The first kappa shape index (κ1) is 12.5. The van der Waals surface area contributed by atoms with E-state index in [0.29, 0.717) is 22.7 Å². The molecule has 0 aliphatic heterocycles. The molecule has 1 aromatic carbocycles. The zero-order chi connectivity index (χ0) is 14.3. The van der Waals surface area contributed by atoms with Crippen LogP contribution in [0.4, 0.5) is 19.0 Å². The molecular weight excluding hydrogens is 269 g/mol. The Labute approximate surface area is 111 Å². The number of aromatic nitrogens is 3. The molecule has 2 heterocycles. The van der Waals surface area contributed by atoms with Crippen molar-refractivity contribution >= 4 is 11.5 Å². The molecule has 20 heavy (non-hydrogen) atoms. The van der Waals surface area contributed by atoms with E-state index in [0.717, 1.165) is 12.1 Å². The number of anilines is 1. The van der Waals surface area contributed by atoms with Crippen molar-refractivity contribution in [3.63, 3.8) is 0 Å².